The van der Waals surface area contributed by atoms with Crippen LogP contribution in [0.5, 0.6) is 0 Å². The molecular formula is C12H15N5O3. The van der Waals surface area contributed by atoms with E-state index in [4.69, 9.17) is 5.26 Å². The molecule has 1 amide bonds. The maximum absolute atomic E-state index is 11.9. The molecule has 0 radical (unpaired) electrons. The lowest BCUT2D eigenvalue weighted by molar-refractivity contribution is -0.385. The van der Waals surface area contributed by atoms with E-state index in [-0.39, 0.29) is 23.0 Å². The second kappa shape index (κ2) is 6.47. The molecule has 1 N–H and O–H groups in total. The third kappa shape index (κ3) is 3.41. The lowest BCUT2D eigenvalue weighted by Gasteiger charge is -2.21. The van der Waals surface area contributed by atoms with Crippen LogP contribution in [0.15, 0.2) is 12.3 Å². The van der Waals surface area contributed by atoms with E-state index < -0.39 is 11.0 Å². The number of anilines is 1. The van der Waals surface area contributed by atoms with Gasteiger partial charge in [0.05, 0.1) is 4.92 Å². The molecule has 0 aliphatic carbocycles. The van der Waals surface area contributed by atoms with E-state index in [1.165, 1.54) is 4.90 Å². The van der Waals surface area contributed by atoms with Gasteiger partial charge in [0, 0.05) is 19.7 Å². The van der Waals surface area contributed by atoms with Gasteiger partial charge in [-0.1, -0.05) is 0 Å². The Bertz CT molecular complexity index is 567. The minimum absolute atomic E-state index is 0.0259. The second-order valence-electron chi connectivity index (χ2n) is 4.18. The van der Waals surface area contributed by atoms with E-state index in [0.29, 0.717) is 6.54 Å². The monoisotopic (exact) mass is 277 g/mol. The first-order chi connectivity index (χ1) is 9.40. The predicted octanol–water partition coefficient (Wildman–Crippen LogP) is 1.14. The van der Waals surface area contributed by atoms with E-state index in [0.717, 1.165) is 12.3 Å². The Labute approximate surface area is 116 Å². The largest absolute Gasteiger partial charge is 0.358 e. The van der Waals surface area contributed by atoms with Crippen molar-refractivity contribution in [3.8, 4) is 6.07 Å². The molecule has 8 nitrogen and oxygen atoms in total. The van der Waals surface area contributed by atoms with Crippen molar-refractivity contribution < 1.29 is 9.72 Å². The van der Waals surface area contributed by atoms with Crippen LogP contribution in [0, 0.1) is 21.4 Å². The highest BCUT2D eigenvalue weighted by molar-refractivity contribution is 5.84. The summed E-state index contributed by atoms with van der Waals surface area (Å²) in [7, 11) is 1.66. The molecule has 1 heterocycles. The van der Waals surface area contributed by atoms with Gasteiger partial charge in [-0.2, -0.15) is 5.26 Å². The highest BCUT2D eigenvalue weighted by atomic mass is 16.6. The molecule has 0 bridgehead atoms. The molecule has 20 heavy (non-hydrogen) atoms. The summed E-state index contributed by atoms with van der Waals surface area (Å²) in [5.74, 6) is -0.00000404. The minimum atomic E-state index is -0.628. The number of aromatic nitrogens is 1. The maximum Gasteiger partial charge on any atom is 0.289 e. The van der Waals surface area contributed by atoms with Gasteiger partial charge in [-0.15, -0.1) is 0 Å². The lowest BCUT2D eigenvalue weighted by Crippen LogP contribution is -2.39. The van der Waals surface area contributed by atoms with Gasteiger partial charge >= 0.3 is 0 Å². The quantitative estimate of drug-likeness (QED) is 0.638. The number of likely N-dealkylation sites (N-methyl/N-ethyl adjacent to an activating group) is 1. The first-order valence-corrected chi connectivity index (χ1v) is 5.96. The Kier molecular flexibility index (Phi) is 4.97. The Morgan fingerprint density at radius 2 is 2.35 bits per heavy atom. The predicted molar refractivity (Wildman–Crippen MR) is 72.0 cm³/mol. The molecule has 1 aromatic rings. The van der Waals surface area contributed by atoms with E-state index in [2.05, 4.69) is 10.3 Å². The molecule has 0 spiro atoms. The number of nitriles is 1. The highest BCUT2D eigenvalue weighted by Crippen LogP contribution is 2.19. The number of hydrogen-bond donors (Lipinski definition) is 1. The van der Waals surface area contributed by atoms with Crippen LogP contribution >= 0.6 is 0 Å². The Balaban J connectivity index is 2.96. The molecule has 1 aromatic heterocycles. The molecule has 0 aliphatic heterocycles. The summed E-state index contributed by atoms with van der Waals surface area (Å²) in [4.78, 5) is 27.2. The Morgan fingerprint density at radius 1 is 1.70 bits per heavy atom. The van der Waals surface area contributed by atoms with Crippen molar-refractivity contribution in [1.82, 2.24) is 9.88 Å². The average molecular weight is 277 g/mol. The summed E-state index contributed by atoms with van der Waals surface area (Å²) in [6, 6.07) is 2.36. The smallest absolute Gasteiger partial charge is 0.289 e. The molecule has 1 atom stereocenters. The molecule has 1 unspecified atom stereocenters. The van der Waals surface area contributed by atoms with Crippen LogP contribution in [0.4, 0.5) is 11.5 Å². The van der Waals surface area contributed by atoms with Crippen molar-refractivity contribution in [3.05, 3.63) is 27.9 Å². The van der Waals surface area contributed by atoms with Crippen LogP contribution < -0.4 is 5.32 Å². The van der Waals surface area contributed by atoms with Gasteiger partial charge in [0.1, 0.15) is 29.7 Å². The second-order valence-corrected chi connectivity index (χ2v) is 4.18. The van der Waals surface area contributed by atoms with Crippen LogP contribution in [-0.4, -0.2) is 40.3 Å². The normalized spacial score (nSPS) is 11.3. The maximum atomic E-state index is 11.9. The van der Waals surface area contributed by atoms with Gasteiger partial charge in [-0.3, -0.25) is 14.9 Å². The van der Waals surface area contributed by atoms with Crippen molar-refractivity contribution >= 4 is 17.4 Å². The van der Waals surface area contributed by atoms with Gasteiger partial charge in [0.25, 0.3) is 5.69 Å². The van der Waals surface area contributed by atoms with Gasteiger partial charge in [-0.25, -0.2) is 4.98 Å². The summed E-state index contributed by atoms with van der Waals surface area (Å²) in [6.07, 6.45) is 1.05. The summed E-state index contributed by atoms with van der Waals surface area (Å²) < 4.78 is 0. The molecule has 1 rings (SSSR count). The first kappa shape index (κ1) is 15.4. The number of pyridine rings is 1. The standard InChI is InChI=1S/C12H15N5O3/c1-4-16(3)12(18)8(2)15-11-9(6-13)5-10(7-14-11)17(19)20/h5,7-8H,4H2,1-3H3,(H,14,15). The fraction of sp³-hybridized carbons (Fsp3) is 0.417. The highest BCUT2D eigenvalue weighted by Gasteiger charge is 2.19. The van der Waals surface area contributed by atoms with Crippen LogP contribution in [0.1, 0.15) is 19.4 Å². The van der Waals surface area contributed by atoms with Crippen LogP contribution in [-0.2, 0) is 4.79 Å². The average Bonchev–Trinajstić information content (AvgIpc) is 2.45. The lowest BCUT2D eigenvalue weighted by atomic mass is 10.2. The number of hydrogen-bond acceptors (Lipinski definition) is 6. The molecule has 8 heteroatoms. The topological polar surface area (TPSA) is 112 Å². The number of amides is 1. The zero-order valence-corrected chi connectivity index (χ0v) is 11.5. The number of carbonyl (C=O) groups is 1. The molecule has 0 aliphatic rings. The third-order valence-corrected chi connectivity index (χ3v) is 2.78. The van der Waals surface area contributed by atoms with Crippen LogP contribution in [0.25, 0.3) is 0 Å². The number of nitrogens with one attached hydrogen (secondary N) is 1. The SMILES string of the molecule is CCN(C)C(=O)C(C)Nc1ncc([N+](=O)[O-])cc1C#N. The van der Waals surface area contributed by atoms with E-state index in [1.54, 1.807) is 14.0 Å². The van der Waals surface area contributed by atoms with Crippen molar-refractivity contribution in [3.63, 3.8) is 0 Å². The number of nitrogens with zero attached hydrogens (tertiary/aromatic N) is 4. The Hall–Kier alpha value is -2.69. The van der Waals surface area contributed by atoms with E-state index >= 15 is 0 Å². The fourth-order valence-corrected chi connectivity index (χ4v) is 1.51. The molecule has 0 saturated heterocycles. The molecule has 0 saturated carbocycles. The zero-order chi connectivity index (χ0) is 15.3. The van der Waals surface area contributed by atoms with Gasteiger partial charge < -0.3 is 10.2 Å². The fourth-order valence-electron chi connectivity index (χ4n) is 1.51. The summed E-state index contributed by atoms with van der Waals surface area (Å²) in [6.45, 7) is 4.04. The molecule has 0 fully saturated rings. The number of nitro groups is 1. The van der Waals surface area contributed by atoms with Crippen molar-refractivity contribution in [2.75, 3.05) is 18.9 Å². The summed E-state index contributed by atoms with van der Waals surface area (Å²) in [5, 5.41) is 22.4. The third-order valence-electron chi connectivity index (χ3n) is 2.78. The molecule has 106 valence electrons. The molecule has 0 aromatic carbocycles. The van der Waals surface area contributed by atoms with Crippen molar-refractivity contribution in [2.45, 2.75) is 19.9 Å². The van der Waals surface area contributed by atoms with Crippen molar-refractivity contribution in [1.29, 1.82) is 5.26 Å². The number of carbonyl (C=O) groups excluding carboxylic acids is 1. The van der Waals surface area contributed by atoms with Gasteiger partial charge in [-0.05, 0) is 13.8 Å². The van der Waals surface area contributed by atoms with Crippen LogP contribution in [0.2, 0.25) is 0 Å². The summed E-state index contributed by atoms with van der Waals surface area (Å²) in [5.41, 5.74) is -0.241. The van der Waals surface area contributed by atoms with E-state index in [9.17, 15) is 14.9 Å². The van der Waals surface area contributed by atoms with Gasteiger partial charge in [0.15, 0.2) is 0 Å². The zero-order valence-electron chi connectivity index (χ0n) is 11.5. The van der Waals surface area contributed by atoms with Gasteiger partial charge in [0.2, 0.25) is 5.91 Å². The van der Waals surface area contributed by atoms with E-state index in [1.807, 2.05) is 13.0 Å². The Morgan fingerprint density at radius 3 is 2.85 bits per heavy atom. The minimum Gasteiger partial charge on any atom is -0.358 e. The summed E-state index contributed by atoms with van der Waals surface area (Å²) >= 11 is 0. The number of rotatable bonds is 5. The van der Waals surface area contributed by atoms with Crippen molar-refractivity contribution in [2.24, 2.45) is 0 Å². The first-order valence-electron chi connectivity index (χ1n) is 5.96. The van der Waals surface area contributed by atoms with Crippen LogP contribution in [0.3, 0.4) is 0 Å². The molecular weight excluding hydrogens is 262 g/mol.